The maximum atomic E-state index is 13.7. The number of nitro groups is 2. The van der Waals surface area contributed by atoms with Crippen molar-refractivity contribution in [1.82, 2.24) is 4.90 Å². The summed E-state index contributed by atoms with van der Waals surface area (Å²) in [5.74, 6) is -0.481. The zero-order valence-corrected chi connectivity index (χ0v) is 21.7. The van der Waals surface area contributed by atoms with E-state index in [4.69, 9.17) is 4.74 Å². The Hall–Kier alpha value is -3.83. The Morgan fingerprint density at radius 1 is 1.08 bits per heavy atom. The van der Waals surface area contributed by atoms with Gasteiger partial charge in [0.25, 0.3) is 17.6 Å². The van der Waals surface area contributed by atoms with Gasteiger partial charge in [-0.1, -0.05) is 34.1 Å². The van der Waals surface area contributed by atoms with E-state index in [1.165, 1.54) is 12.1 Å². The normalized spacial score (nSPS) is 25.7. The van der Waals surface area contributed by atoms with Crippen LogP contribution in [0.5, 0.6) is 5.75 Å². The fourth-order valence-electron chi connectivity index (χ4n) is 6.53. The van der Waals surface area contributed by atoms with Gasteiger partial charge in [-0.3, -0.25) is 29.9 Å². The molecule has 1 spiro atoms. The summed E-state index contributed by atoms with van der Waals surface area (Å²) in [6, 6.07) is 17.3. The summed E-state index contributed by atoms with van der Waals surface area (Å²) in [4.78, 5) is 38.8. The van der Waals surface area contributed by atoms with Crippen LogP contribution in [-0.4, -0.2) is 39.3 Å². The average Bonchev–Trinajstić information content (AvgIpc) is 3.56. The molecule has 38 heavy (non-hydrogen) atoms. The van der Waals surface area contributed by atoms with Crippen LogP contribution in [0.25, 0.3) is 0 Å². The van der Waals surface area contributed by atoms with Gasteiger partial charge in [-0.2, -0.15) is 0 Å². The molecule has 3 aromatic carbocycles. The van der Waals surface area contributed by atoms with Crippen molar-refractivity contribution in [2.45, 2.75) is 43.0 Å². The molecule has 3 aliphatic heterocycles. The number of nitrogens with one attached hydrogen (secondary N) is 1. The number of fused-ring (bicyclic) bond motifs is 4. The van der Waals surface area contributed by atoms with Crippen molar-refractivity contribution in [2.75, 3.05) is 11.9 Å². The Balaban J connectivity index is 1.43. The molecule has 2 fully saturated rings. The molecule has 10 nitrogen and oxygen atoms in total. The summed E-state index contributed by atoms with van der Waals surface area (Å²) in [6.45, 7) is 0.714. The third-order valence-corrected chi connectivity index (χ3v) is 8.46. The lowest BCUT2D eigenvalue weighted by Gasteiger charge is -2.32. The number of para-hydroxylation sites is 1. The first-order valence-electron chi connectivity index (χ1n) is 12.3. The molecular weight excluding hydrogens is 556 g/mol. The number of ether oxygens (including phenoxy) is 1. The van der Waals surface area contributed by atoms with Crippen LogP contribution in [-0.2, 0) is 16.9 Å². The Morgan fingerprint density at radius 2 is 1.84 bits per heavy atom. The van der Waals surface area contributed by atoms with E-state index in [2.05, 4.69) is 21.2 Å². The number of anilines is 1. The molecule has 1 N–H and O–H groups in total. The Labute approximate surface area is 226 Å². The van der Waals surface area contributed by atoms with Crippen molar-refractivity contribution in [2.24, 2.45) is 0 Å². The fourth-order valence-corrected chi connectivity index (χ4v) is 6.91. The van der Waals surface area contributed by atoms with Gasteiger partial charge in [0, 0.05) is 50.9 Å². The number of hydrogen-bond donors (Lipinski definition) is 1. The lowest BCUT2D eigenvalue weighted by atomic mass is 9.77. The number of amides is 1. The minimum absolute atomic E-state index is 0.0143. The highest BCUT2D eigenvalue weighted by atomic mass is 79.9. The summed E-state index contributed by atoms with van der Waals surface area (Å²) in [5, 5.41) is 26.8. The van der Waals surface area contributed by atoms with E-state index in [0.717, 1.165) is 22.9 Å². The predicted molar refractivity (Wildman–Crippen MR) is 142 cm³/mol. The van der Waals surface area contributed by atoms with Crippen molar-refractivity contribution in [3.63, 3.8) is 0 Å². The molecule has 194 valence electrons. The number of non-ortho nitro benzene ring substituents is 1. The Bertz CT molecular complexity index is 1460. The second-order valence-corrected chi connectivity index (χ2v) is 10.7. The number of benzene rings is 3. The molecule has 0 bridgehead atoms. The SMILES string of the molecule is O=C1Nc2ccccc2[C@]12[C@H]([N+](=O)[O-])[C@H](c1cc(Br)ccc1OCc1ccc([N+](=O)[O-])cc1)[C@@H]1CCCN12. The van der Waals surface area contributed by atoms with Gasteiger partial charge in [0.2, 0.25) is 0 Å². The van der Waals surface area contributed by atoms with Crippen LogP contribution in [0.4, 0.5) is 11.4 Å². The van der Waals surface area contributed by atoms with Crippen LogP contribution in [0.3, 0.4) is 0 Å². The molecule has 0 unspecified atom stereocenters. The number of rotatable bonds is 6. The highest BCUT2D eigenvalue weighted by Gasteiger charge is 2.73. The highest BCUT2D eigenvalue weighted by molar-refractivity contribution is 9.10. The average molecular weight is 579 g/mol. The van der Waals surface area contributed by atoms with E-state index in [0.29, 0.717) is 29.1 Å². The van der Waals surface area contributed by atoms with Gasteiger partial charge in [-0.05, 0) is 54.8 Å². The summed E-state index contributed by atoms with van der Waals surface area (Å²) < 4.78 is 6.93. The molecule has 0 aromatic heterocycles. The van der Waals surface area contributed by atoms with Crippen molar-refractivity contribution in [1.29, 1.82) is 0 Å². The lowest BCUT2D eigenvalue weighted by molar-refractivity contribution is -0.534. The van der Waals surface area contributed by atoms with E-state index in [1.807, 2.05) is 35.2 Å². The molecule has 4 atom stereocenters. The fraction of sp³-hybridized carbons (Fsp3) is 0.296. The van der Waals surface area contributed by atoms with E-state index in [9.17, 15) is 25.0 Å². The quantitative estimate of drug-likeness (QED) is 0.322. The van der Waals surface area contributed by atoms with Crippen molar-refractivity contribution in [3.05, 3.63) is 108 Å². The van der Waals surface area contributed by atoms with Crippen LogP contribution in [0.1, 0.15) is 35.4 Å². The van der Waals surface area contributed by atoms with Crippen LogP contribution >= 0.6 is 15.9 Å². The van der Waals surface area contributed by atoms with E-state index >= 15 is 0 Å². The number of halogens is 1. The molecule has 6 rings (SSSR count). The maximum absolute atomic E-state index is 13.7. The number of nitro benzene ring substituents is 1. The summed E-state index contributed by atoms with van der Waals surface area (Å²) in [6.07, 6.45) is 1.55. The monoisotopic (exact) mass is 578 g/mol. The van der Waals surface area contributed by atoms with Gasteiger partial charge in [0.1, 0.15) is 12.4 Å². The van der Waals surface area contributed by atoms with Gasteiger partial charge in [-0.25, -0.2) is 0 Å². The second-order valence-electron chi connectivity index (χ2n) is 9.82. The molecule has 0 radical (unpaired) electrons. The lowest BCUT2D eigenvalue weighted by Crippen LogP contribution is -2.55. The maximum Gasteiger partial charge on any atom is 0.269 e. The smallest absolute Gasteiger partial charge is 0.269 e. The molecule has 3 heterocycles. The highest BCUT2D eigenvalue weighted by Crippen LogP contribution is 2.59. The van der Waals surface area contributed by atoms with Crippen LogP contribution in [0, 0.1) is 20.2 Å². The minimum atomic E-state index is -1.41. The largest absolute Gasteiger partial charge is 0.489 e. The Morgan fingerprint density at radius 3 is 2.58 bits per heavy atom. The standard InChI is InChI=1S/C27H23BrN4O6/c28-17-9-12-23(38-15-16-7-10-18(11-8-16)31(34)35)19(14-17)24-22-6-3-13-30(22)27(25(24)32(36)37)20-4-1-2-5-21(20)29-26(27)33/h1-2,4-5,7-12,14,22,24-25H,3,6,13,15H2,(H,29,33)/t22-,24+,25+,27-/m0/s1. The summed E-state index contributed by atoms with van der Waals surface area (Å²) in [5.41, 5.74) is 1.21. The molecule has 11 heteroatoms. The number of nitrogens with zero attached hydrogens (tertiary/aromatic N) is 3. The molecular formula is C27H23BrN4O6. The number of carbonyl (C=O) groups is 1. The first kappa shape index (κ1) is 24.5. The molecule has 0 saturated carbocycles. The third kappa shape index (κ3) is 3.60. The predicted octanol–water partition coefficient (Wildman–Crippen LogP) is 4.99. The van der Waals surface area contributed by atoms with Crippen LogP contribution in [0.2, 0.25) is 0 Å². The van der Waals surface area contributed by atoms with Gasteiger partial charge >= 0.3 is 0 Å². The van der Waals surface area contributed by atoms with Gasteiger partial charge in [0.05, 0.1) is 10.8 Å². The van der Waals surface area contributed by atoms with Crippen LogP contribution < -0.4 is 10.1 Å². The van der Waals surface area contributed by atoms with Crippen LogP contribution in [0.15, 0.2) is 71.2 Å². The van der Waals surface area contributed by atoms with Gasteiger partial charge < -0.3 is 10.1 Å². The second kappa shape index (κ2) is 9.17. The third-order valence-electron chi connectivity index (χ3n) is 7.97. The zero-order chi connectivity index (χ0) is 26.6. The molecule has 1 amide bonds. The topological polar surface area (TPSA) is 128 Å². The van der Waals surface area contributed by atoms with Crippen molar-refractivity contribution < 1.29 is 19.4 Å². The zero-order valence-electron chi connectivity index (χ0n) is 20.1. The van der Waals surface area contributed by atoms with Gasteiger partial charge in [0.15, 0.2) is 5.54 Å². The van der Waals surface area contributed by atoms with Gasteiger partial charge in [-0.15, -0.1) is 0 Å². The first-order valence-corrected chi connectivity index (χ1v) is 13.1. The molecule has 2 saturated heterocycles. The van der Waals surface area contributed by atoms with E-state index in [-0.39, 0.29) is 29.2 Å². The number of carbonyl (C=O) groups excluding carboxylic acids is 1. The minimum Gasteiger partial charge on any atom is -0.489 e. The molecule has 3 aromatic rings. The Kier molecular flexibility index (Phi) is 5.92. The van der Waals surface area contributed by atoms with E-state index in [1.54, 1.807) is 24.3 Å². The van der Waals surface area contributed by atoms with Crippen molar-refractivity contribution in [3.8, 4) is 5.75 Å². The molecule has 0 aliphatic carbocycles. The molecule has 3 aliphatic rings. The van der Waals surface area contributed by atoms with E-state index < -0.39 is 22.4 Å². The van der Waals surface area contributed by atoms with Crippen molar-refractivity contribution >= 4 is 33.2 Å². The number of hydrogen-bond acceptors (Lipinski definition) is 7. The first-order chi connectivity index (χ1) is 18.3. The summed E-state index contributed by atoms with van der Waals surface area (Å²) in [7, 11) is 0. The summed E-state index contributed by atoms with van der Waals surface area (Å²) >= 11 is 3.52.